The fraction of sp³-hybridized carbons (Fsp3) is 0.538. The van der Waals surface area contributed by atoms with Gasteiger partial charge in [0.1, 0.15) is 0 Å². The van der Waals surface area contributed by atoms with E-state index in [0.717, 1.165) is 30.7 Å². The van der Waals surface area contributed by atoms with Gasteiger partial charge in [0.15, 0.2) is 9.84 Å². The quantitative estimate of drug-likeness (QED) is 0.827. The first kappa shape index (κ1) is 15.0. The van der Waals surface area contributed by atoms with Gasteiger partial charge in [-0.25, -0.2) is 8.42 Å². The van der Waals surface area contributed by atoms with Crippen LogP contribution >= 0.6 is 15.9 Å². The Bertz CT molecular complexity index is 508. The molecule has 4 nitrogen and oxygen atoms in total. The zero-order chi connectivity index (χ0) is 13.9. The molecule has 106 valence electrons. The molecule has 0 aliphatic carbocycles. The molecule has 0 atom stereocenters. The van der Waals surface area contributed by atoms with E-state index in [4.69, 9.17) is 0 Å². The summed E-state index contributed by atoms with van der Waals surface area (Å²) in [4.78, 5) is 4.89. The second-order valence-electron chi connectivity index (χ2n) is 4.92. The Kier molecular flexibility index (Phi) is 5.00. The smallest absolute Gasteiger partial charge is 0.179 e. The van der Waals surface area contributed by atoms with Crippen LogP contribution in [0.2, 0.25) is 0 Å². The van der Waals surface area contributed by atoms with E-state index >= 15 is 0 Å². The molecule has 0 amide bonds. The molecule has 19 heavy (non-hydrogen) atoms. The fourth-order valence-corrected chi connectivity index (χ4v) is 3.63. The lowest BCUT2D eigenvalue weighted by atomic mass is 10.3. The Labute approximate surface area is 123 Å². The number of hydrogen-bond acceptors (Lipinski definition) is 4. The summed E-state index contributed by atoms with van der Waals surface area (Å²) >= 11 is 3.31. The predicted octanol–water partition coefficient (Wildman–Crippen LogP) is 1.47. The van der Waals surface area contributed by atoms with Crippen molar-refractivity contribution in [2.45, 2.75) is 4.90 Å². The van der Waals surface area contributed by atoms with E-state index in [1.54, 1.807) is 24.3 Å². The van der Waals surface area contributed by atoms with E-state index in [9.17, 15) is 8.42 Å². The molecular formula is C13H19BrN2O2S. The minimum absolute atomic E-state index is 0.193. The largest absolute Gasteiger partial charge is 0.304 e. The summed E-state index contributed by atoms with van der Waals surface area (Å²) in [6.45, 7) is 4.54. The molecule has 1 saturated heterocycles. The van der Waals surface area contributed by atoms with Crippen LogP contribution in [0.3, 0.4) is 0 Å². The summed E-state index contributed by atoms with van der Waals surface area (Å²) < 4.78 is 25.3. The maximum Gasteiger partial charge on any atom is 0.179 e. The summed E-state index contributed by atoms with van der Waals surface area (Å²) in [5, 5.41) is 0. The summed E-state index contributed by atoms with van der Waals surface area (Å²) in [6, 6.07) is 6.85. The monoisotopic (exact) mass is 346 g/mol. The number of benzene rings is 1. The van der Waals surface area contributed by atoms with Crippen molar-refractivity contribution in [1.29, 1.82) is 0 Å². The van der Waals surface area contributed by atoms with Crippen molar-refractivity contribution in [3.8, 4) is 0 Å². The zero-order valence-electron chi connectivity index (χ0n) is 11.0. The number of rotatable bonds is 4. The van der Waals surface area contributed by atoms with Crippen molar-refractivity contribution in [2.24, 2.45) is 0 Å². The van der Waals surface area contributed by atoms with Crippen molar-refractivity contribution in [2.75, 3.05) is 45.5 Å². The van der Waals surface area contributed by atoms with E-state index in [1.807, 2.05) is 0 Å². The number of hydrogen-bond donors (Lipinski definition) is 0. The summed E-state index contributed by atoms with van der Waals surface area (Å²) in [5.74, 6) is 0.193. The van der Waals surface area contributed by atoms with Crippen LogP contribution in [-0.2, 0) is 9.84 Å². The molecule has 1 aliphatic heterocycles. The van der Waals surface area contributed by atoms with E-state index in [-0.39, 0.29) is 5.75 Å². The second kappa shape index (κ2) is 6.35. The average molecular weight is 347 g/mol. The lowest BCUT2D eigenvalue weighted by Gasteiger charge is -2.32. The highest BCUT2D eigenvalue weighted by Gasteiger charge is 2.18. The highest BCUT2D eigenvalue weighted by Crippen LogP contribution is 2.16. The molecule has 0 saturated carbocycles. The second-order valence-corrected chi connectivity index (χ2v) is 7.94. The van der Waals surface area contributed by atoms with Crippen LogP contribution in [0.5, 0.6) is 0 Å². The van der Waals surface area contributed by atoms with Gasteiger partial charge in [0, 0.05) is 37.2 Å². The summed E-state index contributed by atoms with van der Waals surface area (Å²) in [6.07, 6.45) is 0. The Morgan fingerprint density at radius 3 is 2.26 bits per heavy atom. The van der Waals surface area contributed by atoms with Gasteiger partial charge in [-0.3, -0.25) is 4.90 Å². The van der Waals surface area contributed by atoms with E-state index in [1.165, 1.54) is 0 Å². The Morgan fingerprint density at radius 1 is 1.11 bits per heavy atom. The molecule has 2 rings (SSSR count). The lowest BCUT2D eigenvalue weighted by molar-refractivity contribution is 0.161. The molecule has 0 aromatic heterocycles. The third-order valence-electron chi connectivity index (χ3n) is 3.44. The highest BCUT2D eigenvalue weighted by molar-refractivity contribution is 9.10. The van der Waals surface area contributed by atoms with Gasteiger partial charge in [0.05, 0.1) is 10.6 Å². The van der Waals surface area contributed by atoms with Gasteiger partial charge in [0.2, 0.25) is 0 Å². The van der Waals surface area contributed by atoms with Crippen LogP contribution in [0, 0.1) is 0 Å². The van der Waals surface area contributed by atoms with Crippen LogP contribution in [-0.4, -0.2) is 63.7 Å². The SMILES string of the molecule is CN1CCN(CCS(=O)(=O)c2ccc(Br)cc2)CC1. The van der Waals surface area contributed by atoms with Crippen molar-refractivity contribution in [1.82, 2.24) is 9.80 Å². The lowest BCUT2D eigenvalue weighted by Crippen LogP contribution is -2.45. The van der Waals surface area contributed by atoms with E-state index < -0.39 is 9.84 Å². The molecule has 1 fully saturated rings. The van der Waals surface area contributed by atoms with Crippen LogP contribution in [0.1, 0.15) is 0 Å². The van der Waals surface area contributed by atoms with Crippen LogP contribution in [0.15, 0.2) is 33.6 Å². The maximum atomic E-state index is 12.2. The summed E-state index contributed by atoms with van der Waals surface area (Å²) in [7, 11) is -1.07. The molecule has 0 unspecified atom stereocenters. The van der Waals surface area contributed by atoms with Gasteiger partial charge in [0.25, 0.3) is 0 Å². The standard InChI is InChI=1S/C13H19BrN2O2S/c1-15-6-8-16(9-7-15)10-11-19(17,18)13-4-2-12(14)3-5-13/h2-5H,6-11H2,1H3. The molecule has 1 aromatic rings. The first-order valence-corrected chi connectivity index (χ1v) is 8.81. The average Bonchev–Trinajstić information content (AvgIpc) is 2.39. The number of halogens is 1. The third-order valence-corrected chi connectivity index (χ3v) is 5.68. The minimum atomic E-state index is -3.17. The van der Waals surface area contributed by atoms with Gasteiger partial charge in [-0.05, 0) is 31.3 Å². The maximum absolute atomic E-state index is 12.2. The molecule has 0 N–H and O–H groups in total. The normalized spacial score (nSPS) is 18.6. The number of piperazine rings is 1. The van der Waals surface area contributed by atoms with Gasteiger partial charge < -0.3 is 4.90 Å². The fourth-order valence-electron chi connectivity index (χ4n) is 2.08. The third kappa shape index (κ3) is 4.27. The van der Waals surface area contributed by atoms with Crippen molar-refractivity contribution < 1.29 is 8.42 Å². The van der Waals surface area contributed by atoms with Crippen LogP contribution < -0.4 is 0 Å². The van der Waals surface area contributed by atoms with Gasteiger partial charge >= 0.3 is 0 Å². The van der Waals surface area contributed by atoms with Crippen molar-refractivity contribution in [3.05, 3.63) is 28.7 Å². The Balaban J connectivity index is 1.92. The highest BCUT2D eigenvalue weighted by atomic mass is 79.9. The molecule has 6 heteroatoms. The Hall–Kier alpha value is -0.430. The molecular weight excluding hydrogens is 328 g/mol. The molecule has 1 aliphatic rings. The molecule has 0 spiro atoms. The van der Waals surface area contributed by atoms with Crippen LogP contribution in [0.25, 0.3) is 0 Å². The van der Waals surface area contributed by atoms with Gasteiger partial charge in [-0.1, -0.05) is 15.9 Å². The molecule has 0 bridgehead atoms. The number of nitrogens with zero attached hydrogens (tertiary/aromatic N) is 2. The Morgan fingerprint density at radius 2 is 1.68 bits per heavy atom. The van der Waals surface area contributed by atoms with Crippen LogP contribution in [0.4, 0.5) is 0 Å². The first-order chi connectivity index (χ1) is 8.97. The van der Waals surface area contributed by atoms with Crippen molar-refractivity contribution in [3.63, 3.8) is 0 Å². The zero-order valence-corrected chi connectivity index (χ0v) is 13.5. The van der Waals surface area contributed by atoms with Gasteiger partial charge in [-0.2, -0.15) is 0 Å². The number of likely N-dealkylation sites (N-methyl/N-ethyl adjacent to an activating group) is 1. The topological polar surface area (TPSA) is 40.6 Å². The molecule has 1 heterocycles. The number of sulfone groups is 1. The molecule has 0 radical (unpaired) electrons. The molecule has 1 aromatic carbocycles. The predicted molar refractivity (Wildman–Crippen MR) is 80.1 cm³/mol. The van der Waals surface area contributed by atoms with E-state index in [2.05, 4.69) is 32.8 Å². The summed E-state index contributed by atoms with van der Waals surface area (Å²) in [5.41, 5.74) is 0. The minimum Gasteiger partial charge on any atom is -0.304 e. The van der Waals surface area contributed by atoms with Gasteiger partial charge in [-0.15, -0.1) is 0 Å². The van der Waals surface area contributed by atoms with Crippen molar-refractivity contribution >= 4 is 25.8 Å². The first-order valence-electron chi connectivity index (χ1n) is 6.36. The van der Waals surface area contributed by atoms with E-state index in [0.29, 0.717) is 11.4 Å².